The van der Waals surface area contributed by atoms with Crippen molar-refractivity contribution in [1.82, 2.24) is 42.5 Å². The molecular formula is C70H113B2N9O17. The van der Waals surface area contributed by atoms with Gasteiger partial charge in [-0.15, -0.1) is 0 Å². The predicted octanol–water partition coefficient (Wildman–Crippen LogP) is 2.14. The highest BCUT2D eigenvalue weighted by molar-refractivity contribution is 6.59. The Kier molecular flexibility index (Phi) is 34.6. The first-order chi connectivity index (χ1) is 46.7. The lowest BCUT2D eigenvalue weighted by molar-refractivity contribution is -0.145. The number of amides is 6. The number of fused-ring (bicyclic) bond motifs is 5. The summed E-state index contributed by atoms with van der Waals surface area (Å²) in [5.74, 6) is -1.20. The number of carboxylic acids is 2. The van der Waals surface area contributed by atoms with Crippen molar-refractivity contribution in [3.8, 4) is 0 Å². The number of hydrogen-bond acceptors (Lipinski definition) is 18. The number of nitrogens with two attached hydrogens (primary N) is 1. The smallest absolute Gasteiger partial charge is 0.480 e. The summed E-state index contributed by atoms with van der Waals surface area (Å²) in [4.78, 5) is 112. The number of aliphatic carboxylic acids is 2. The zero-order valence-corrected chi connectivity index (χ0v) is 58.5. The molecule has 4 fully saturated rings. The summed E-state index contributed by atoms with van der Waals surface area (Å²) >= 11 is 0. The largest absolute Gasteiger partial charge is 0.488 e. The molecule has 0 radical (unpaired) electrons. The van der Waals surface area contributed by atoms with Gasteiger partial charge < -0.3 is 88.4 Å². The van der Waals surface area contributed by atoms with E-state index in [0.717, 1.165) is 43.9 Å². The number of benzene rings is 2. The van der Waals surface area contributed by atoms with Gasteiger partial charge in [0.05, 0.1) is 25.3 Å². The lowest BCUT2D eigenvalue weighted by Gasteiger charge is -2.61. The highest BCUT2D eigenvalue weighted by Gasteiger charge is 2.60. The topological polar surface area (TPSA) is 427 Å². The molecule has 2 aromatic carbocycles. The van der Waals surface area contributed by atoms with Gasteiger partial charge in [0.1, 0.15) is 18.1 Å². The maximum absolute atomic E-state index is 13.1. The molecule has 6 rings (SSSR count). The highest BCUT2D eigenvalue weighted by Crippen LogP contribution is 2.68. The van der Waals surface area contributed by atoms with E-state index in [4.69, 9.17) is 20.5 Å². The Morgan fingerprint density at radius 2 is 1.00 bits per heavy atom. The second kappa shape index (κ2) is 41.3. The van der Waals surface area contributed by atoms with Gasteiger partial charge >= 0.3 is 32.1 Å². The number of unbranched alkanes of at least 4 members (excludes halogenated alkanes) is 4. The van der Waals surface area contributed by atoms with Crippen LogP contribution in [0.5, 0.6) is 0 Å². The van der Waals surface area contributed by atoms with E-state index in [1.807, 2.05) is 0 Å². The first-order valence-corrected chi connectivity index (χ1v) is 35.6. The maximum atomic E-state index is 13.1. The number of carboxylic acid groups (broad SMARTS) is 2. The number of ether oxygens (including phenoxy) is 1. The Morgan fingerprint density at radius 3 is 1.50 bits per heavy atom. The third-order valence-electron chi connectivity index (χ3n) is 21.8. The number of aliphatic hydroxyl groups excluding tert-OH is 1. The monoisotopic (exact) mass is 1370 g/mol. The van der Waals surface area contributed by atoms with Crippen molar-refractivity contribution in [2.24, 2.45) is 52.1 Å². The van der Waals surface area contributed by atoms with Crippen molar-refractivity contribution in [3.05, 3.63) is 59.7 Å². The molecule has 4 aliphatic rings. The molecule has 26 nitrogen and oxygen atoms in total. The van der Waals surface area contributed by atoms with E-state index < -0.39 is 68.3 Å². The Hall–Kier alpha value is -6.52. The molecule has 2 aromatic rings. The quantitative estimate of drug-likeness (QED) is 0.0258. The molecule has 0 spiro atoms. The van der Waals surface area contributed by atoms with Crippen LogP contribution < -0.4 is 59.2 Å². The summed E-state index contributed by atoms with van der Waals surface area (Å²) in [6.07, 6.45) is 17.4. The van der Waals surface area contributed by atoms with Crippen LogP contribution >= 0.6 is 0 Å². The van der Waals surface area contributed by atoms with E-state index >= 15 is 0 Å². The van der Waals surface area contributed by atoms with E-state index in [2.05, 4.69) is 63.3 Å². The van der Waals surface area contributed by atoms with Crippen LogP contribution in [-0.4, -0.2) is 187 Å². The van der Waals surface area contributed by atoms with Gasteiger partial charge in [-0.2, -0.15) is 0 Å². The average molecular weight is 1370 g/mol. The fourth-order valence-corrected chi connectivity index (χ4v) is 16.0. The van der Waals surface area contributed by atoms with Crippen molar-refractivity contribution in [3.63, 3.8) is 0 Å². The summed E-state index contributed by atoms with van der Waals surface area (Å²) in [5.41, 5.74) is 7.39. The number of aliphatic hydroxyl groups is 1. The molecule has 4 saturated carbocycles. The maximum Gasteiger partial charge on any atom is 0.488 e. The SMILES string of the molecule is CNC(CCCCN)C(=O)NC(CCCCNC(=O)c1ccc(B(O)O)cc1)C(=O)OC.CNC(CCCCNC(=O)CCC(NC(=O)CCC(C)C1CCC2C3CC[C@H]4C[C@@H](O)CC[C@@]4(C)C3CC[C@@]12C)C(=O)O)C(=O)NC(CCCCNC(=O)c1ccc(B(O)O)cc1)C(=O)O. The summed E-state index contributed by atoms with van der Waals surface area (Å²) < 4.78 is 4.81. The number of nitrogens with one attached hydrogen (secondary N) is 8. The van der Waals surface area contributed by atoms with Crippen molar-refractivity contribution < 1.29 is 83.3 Å². The molecule has 4 aliphatic carbocycles. The molecule has 98 heavy (non-hydrogen) atoms. The van der Waals surface area contributed by atoms with Crippen LogP contribution in [0.2, 0.25) is 0 Å². The highest BCUT2D eigenvalue weighted by atomic mass is 16.5. The Labute approximate surface area is 578 Å². The van der Waals surface area contributed by atoms with E-state index in [-0.39, 0.29) is 78.7 Å². The van der Waals surface area contributed by atoms with Gasteiger partial charge in [-0.3, -0.25) is 28.8 Å². The van der Waals surface area contributed by atoms with Gasteiger partial charge in [0.25, 0.3) is 11.8 Å². The zero-order chi connectivity index (χ0) is 72.1. The standard InChI is InChI=1S/C49H78BN5O11.C21H35BN4O6/c1-30(36-18-19-37-35-17-14-32-29-34(56)23-25-48(32,2)38(35)24-26-49(36,37)3)11-21-43(58)54-41(47(63)64)20-22-42(57)52-27-7-5-9-39(51-4)45(60)55-40(46(61)62)10-6-8-28-53-44(59)31-12-15-33(16-13-31)50(65)66;1-24-17(7-3-5-13-23)20(28)26-18(21(29)32-2)8-4-6-14-25-19(27)15-9-11-16(12-10-15)22(30)31/h12-13,15-16,30,32,34-41,51,56,65-66H,5-11,14,17-29H2,1-4H3,(H,52,57)(H,53,59)(H,54,58)(H,55,60)(H,61,62)(H,63,64);9-12,17-18,24,30-31H,3-8,13-14,23H2,1-2H3,(H,25,27)(H,26,28)/t30?,32-,34-,35?,36?,37?,38?,39?,40?,41?,48+,49-;/m0./s1. The number of carbonyl (C=O) groups excluding carboxylic acids is 7. The van der Waals surface area contributed by atoms with E-state index in [0.29, 0.717) is 130 Å². The molecule has 0 bridgehead atoms. The normalized spacial score (nSPS) is 23.3. The van der Waals surface area contributed by atoms with Crippen LogP contribution in [-0.2, 0) is 38.3 Å². The van der Waals surface area contributed by atoms with Crippen LogP contribution in [0.25, 0.3) is 0 Å². The lowest BCUT2D eigenvalue weighted by Crippen LogP contribution is -2.54. The molecule has 0 aliphatic heterocycles. The zero-order valence-electron chi connectivity index (χ0n) is 58.5. The first kappa shape index (κ1) is 82.1. The second-order valence-corrected chi connectivity index (χ2v) is 28.1. The van der Waals surface area contributed by atoms with Crippen molar-refractivity contribution in [2.45, 2.75) is 218 Å². The predicted molar refractivity (Wildman–Crippen MR) is 372 cm³/mol. The summed E-state index contributed by atoms with van der Waals surface area (Å²) in [7, 11) is 1.37. The number of carbonyl (C=O) groups is 9. The minimum absolute atomic E-state index is 0.0412. The van der Waals surface area contributed by atoms with Crippen LogP contribution in [0.1, 0.15) is 202 Å². The molecule has 0 aromatic heterocycles. The number of methoxy groups -OCH3 is 1. The van der Waals surface area contributed by atoms with Crippen LogP contribution in [0.3, 0.4) is 0 Å². The lowest BCUT2D eigenvalue weighted by atomic mass is 9.44. The van der Waals surface area contributed by atoms with Gasteiger partial charge in [-0.05, 0) is 243 Å². The third kappa shape index (κ3) is 24.7. The van der Waals surface area contributed by atoms with Crippen molar-refractivity contribution >= 4 is 78.5 Å². The van der Waals surface area contributed by atoms with Crippen LogP contribution in [0.15, 0.2) is 48.5 Å². The summed E-state index contributed by atoms with van der Waals surface area (Å²) in [6.45, 7) is 8.82. The van der Waals surface area contributed by atoms with E-state index in [1.165, 1.54) is 94.2 Å². The molecule has 0 heterocycles. The van der Waals surface area contributed by atoms with Gasteiger partial charge in [0.2, 0.25) is 23.6 Å². The Balaban J connectivity index is 0.000000454. The second-order valence-electron chi connectivity index (χ2n) is 28.1. The van der Waals surface area contributed by atoms with Crippen molar-refractivity contribution in [1.29, 1.82) is 0 Å². The third-order valence-corrected chi connectivity index (χ3v) is 21.8. The summed E-state index contributed by atoms with van der Waals surface area (Å²) in [6, 6.07) is 7.65. The molecule has 14 atom stereocenters. The number of esters is 1. The summed E-state index contributed by atoms with van der Waals surface area (Å²) in [5, 5.41) is 88.8. The molecule has 546 valence electrons. The molecule has 28 heteroatoms. The molecule has 0 saturated heterocycles. The van der Waals surface area contributed by atoms with Gasteiger partial charge in [-0.1, -0.05) is 51.5 Å². The Morgan fingerprint density at radius 1 is 0.541 bits per heavy atom. The number of hydrogen-bond donors (Lipinski definition) is 16. The minimum Gasteiger partial charge on any atom is -0.480 e. The van der Waals surface area contributed by atoms with Gasteiger partial charge in [-0.25, -0.2) is 14.4 Å². The van der Waals surface area contributed by atoms with E-state index in [9.17, 15) is 68.5 Å². The average Bonchev–Trinajstić information content (AvgIpc) is 1.33. The molecular weight excluding hydrogens is 1260 g/mol. The van der Waals surface area contributed by atoms with Gasteiger partial charge in [0, 0.05) is 43.6 Å². The van der Waals surface area contributed by atoms with Crippen molar-refractivity contribution in [2.75, 3.05) is 47.4 Å². The van der Waals surface area contributed by atoms with E-state index in [1.54, 1.807) is 14.1 Å². The fraction of sp³-hybridized carbons (Fsp3) is 0.700. The first-order valence-electron chi connectivity index (χ1n) is 35.6. The fourth-order valence-electron chi connectivity index (χ4n) is 16.0. The number of likely N-dealkylation sites (N-methyl/N-ethyl adjacent to an activating group) is 2. The van der Waals surface area contributed by atoms with Crippen LogP contribution in [0.4, 0.5) is 0 Å². The van der Waals surface area contributed by atoms with Crippen LogP contribution in [0, 0.1) is 46.3 Å². The Bertz CT molecular complexity index is 2880. The number of rotatable bonds is 40. The van der Waals surface area contributed by atoms with Gasteiger partial charge in [0.15, 0.2) is 0 Å². The molecule has 10 unspecified atom stereocenters. The minimum atomic E-state index is -1.63. The molecule has 6 amide bonds. The molecule has 17 N–H and O–H groups in total.